The number of rotatable bonds is 10. The van der Waals surface area contributed by atoms with Crippen LogP contribution in [-0.4, -0.2) is 5.97 Å². The highest BCUT2D eigenvalue weighted by Crippen LogP contribution is 2.37. The van der Waals surface area contributed by atoms with E-state index in [9.17, 15) is 13.6 Å². The maximum absolute atomic E-state index is 15.0. The smallest absolute Gasteiger partial charge is 0.343 e. The molecule has 0 aliphatic carbocycles. The van der Waals surface area contributed by atoms with E-state index in [0.717, 1.165) is 49.7 Å². The molecule has 0 bridgehead atoms. The van der Waals surface area contributed by atoms with Crippen LogP contribution in [0.5, 0.6) is 5.75 Å². The zero-order chi connectivity index (χ0) is 23.8. The summed E-state index contributed by atoms with van der Waals surface area (Å²) in [5.41, 5.74) is 2.23. The van der Waals surface area contributed by atoms with Crippen LogP contribution in [0, 0.1) is 5.82 Å². The van der Waals surface area contributed by atoms with Crippen LogP contribution in [0.15, 0.2) is 60.7 Å². The summed E-state index contributed by atoms with van der Waals surface area (Å²) < 4.78 is 47.8. The Morgan fingerprint density at radius 2 is 1.45 bits per heavy atom. The average Bonchev–Trinajstić information content (AvgIpc) is 2.81. The number of carbonyl (C=O) groups is 1. The van der Waals surface area contributed by atoms with E-state index >= 15 is 4.39 Å². The van der Waals surface area contributed by atoms with Crippen LogP contribution in [0.1, 0.15) is 73.0 Å². The van der Waals surface area contributed by atoms with E-state index < -0.39 is 29.5 Å². The van der Waals surface area contributed by atoms with Crippen molar-refractivity contribution in [3.63, 3.8) is 0 Å². The van der Waals surface area contributed by atoms with E-state index in [-0.39, 0.29) is 11.1 Å². The Labute approximate surface area is 193 Å². The van der Waals surface area contributed by atoms with E-state index in [1.807, 2.05) is 12.1 Å². The van der Waals surface area contributed by atoms with Gasteiger partial charge in [0.15, 0.2) is 11.6 Å². The van der Waals surface area contributed by atoms with Crippen LogP contribution in [-0.2, 0) is 12.8 Å². The topological polar surface area (TPSA) is 26.3 Å². The second-order valence-electron chi connectivity index (χ2n) is 8.13. The second-order valence-corrected chi connectivity index (χ2v) is 8.13. The third-order valence-corrected chi connectivity index (χ3v) is 5.63. The van der Waals surface area contributed by atoms with E-state index in [2.05, 4.69) is 13.8 Å². The number of ether oxygens (including phenoxy) is 1. The summed E-state index contributed by atoms with van der Waals surface area (Å²) in [6.45, 7) is 4.19. The first-order valence-corrected chi connectivity index (χ1v) is 11.5. The Morgan fingerprint density at radius 3 is 2.06 bits per heavy atom. The lowest BCUT2D eigenvalue weighted by Crippen LogP contribution is -2.11. The number of unbranched alkanes of at least 4 members (excludes halogenated alkanes) is 2. The van der Waals surface area contributed by atoms with E-state index in [0.29, 0.717) is 5.56 Å². The molecule has 3 aromatic rings. The molecule has 5 heteroatoms. The fraction of sp³-hybridized carbons (Fsp3) is 0.321. The summed E-state index contributed by atoms with van der Waals surface area (Å²) in [6, 6.07) is 16.6. The summed E-state index contributed by atoms with van der Waals surface area (Å²) in [5, 5.41) is 0. The molecule has 3 rings (SSSR count). The Hall–Kier alpha value is -3.08. The van der Waals surface area contributed by atoms with Crippen LogP contribution in [0.25, 0.3) is 11.1 Å². The molecule has 0 N–H and O–H groups in total. The number of benzene rings is 3. The van der Waals surface area contributed by atoms with Crippen molar-refractivity contribution in [1.29, 1.82) is 0 Å². The first-order valence-electron chi connectivity index (χ1n) is 11.5. The molecular formula is C28H29F3O2. The van der Waals surface area contributed by atoms with Gasteiger partial charge in [0, 0.05) is 0 Å². The minimum absolute atomic E-state index is 0.0892. The third kappa shape index (κ3) is 6.25. The lowest BCUT2D eigenvalue weighted by atomic mass is 9.97. The third-order valence-electron chi connectivity index (χ3n) is 5.63. The van der Waals surface area contributed by atoms with Gasteiger partial charge in [0.1, 0.15) is 0 Å². The summed E-state index contributed by atoms with van der Waals surface area (Å²) >= 11 is 0. The van der Waals surface area contributed by atoms with Gasteiger partial charge in [-0.15, -0.1) is 0 Å². The number of esters is 1. The maximum atomic E-state index is 15.0. The zero-order valence-corrected chi connectivity index (χ0v) is 19.0. The molecule has 174 valence electrons. The van der Waals surface area contributed by atoms with Crippen LogP contribution < -0.4 is 4.74 Å². The Balaban J connectivity index is 1.83. The Morgan fingerprint density at radius 1 is 0.818 bits per heavy atom. The van der Waals surface area contributed by atoms with Gasteiger partial charge in [-0.05, 0) is 65.8 Å². The molecule has 2 nitrogen and oxygen atoms in total. The van der Waals surface area contributed by atoms with Gasteiger partial charge in [0.25, 0.3) is 6.43 Å². The molecule has 0 amide bonds. The minimum atomic E-state index is -3.06. The molecule has 0 saturated heterocycles. The number of hydrogen-bond acceptors (Lipinski definition) is 2. The molecule has 0 unspecified atom stereocenters. The normalized spacial score (nSPS) is 11.1. The molecule has 0 aliphatic heterocycles. The highest BCUT2D eigenvalue weighted by Gasteiger charge is 2.24. The molecule has 0 aliphatic rings. The predicted octanol–water partition coefficient (Wildman–Crippen LogP) is 8.33. The summed E-state index contributed by atoms with van der Waals surface area (Å²) in [5.74, 6) is -2.51. The zero-order valence-electron chi connectivity index (χ0n) is 19.0. The molecule has 0 spiro atoms. The van der Waals surface area contributed by atoms with Gasteiger partial charge in [-0.1, -0.05) is 69.5 Å². The first-order chi connectivity index (χ1) is 15.9. The van der Waals surface area contributed by atoms with Crippen molar-refractivity contribution in [3.05, 3.63) is 88.7 Å². The lowest BCUT2D eigenvalue weighted by Gasteiger charge is -2.14. The summed E-state index contributed by atoms with van der Waals surface area (Å²) in [6.07, 6.45) is 3.02. The average molecular weight is 455 g/mol. The van der Waals surface area contributed by atoms with E-state index in [4.69, 9.17) is 4.74 Å². The van der Waals surface area contributed by atoms with Gasteiger partial charge in [0.05, 0.1) is 11.1 Å². The molecular weight excluding hydrogens is 425 g/mol. The van der Waals surface area contributed by atoms with E-state index in [1.165, 1.54) is 12.1 Å². The largest absolute Gasteiger partial charge is 0.420 e. The van der Waals surface area contributed by atoms with Crippen LogP contribution in [0.3, 0.4) is 0 Å². The fourth-order valence-electron chi connectivity index (χ4n) is 3.80. The van der Waals surface area contributed by atoms with Crippen LogP contribution in [0.2, 0.25) is 0 Å². The number of hydrogen-bond donors (Lipinski definition) is 0. The van der Waals surface area contributed by atoms with Crippen molar-refractivity contribution in [3.8, 4) is 16.9 Å². The van der Waals surface area contributed by atoms with Gasteiger partial charge >= 0.3 is 5.97 Å². The van der Waals surface area contributed by atoms with Crippen molar-refractivity contribution in [2.45, 2.75) is 58.8 Å². The standard InChI is InChI=1S/C28H29F3O2/c1-3-5-6-8-20-9-13-21(14-10-20)23-17-18-24(26(29)25(23)27(30)31)33-28(32)22-15-11-19(7-4-2)12-16-22/h9-18,27H,3-8H2,1-2H3. The summed E-state index contributed by atoms with van der Waals surface area (Å²) in [4.78, 5) is 12.4. The van der Waals surface area contributed by atoms with Gasteiger partial charge < -0.3 is 4.74 Å². The molecule has 0 radical (unpaired) electrons. The Kier molecular flexibility index (Phi) is 8.70. The van der Waals surface area contributed by atoms with Gasteiger partial charge in [-0.25, -0.2) is 18.0 Å². The molecule has 0 fully saturated rings. The molecule has 0 saturated carbocycles. The van der Waals surface area contributed by atoms with Crippen LogP contribution in [0.4, 0.5) is 13.2 Å². The quantitative estimate of drug-likeness (QED) is 0.175. The van der Waals surface area contributed by atoms with Crippen molar-refractivity contribution in [2.24, 2.45) is 0 Å². The maximum Gasteiger partial charge on any atom is 0.343 e. The fourth-order valence-corrected chi connectivity index (χ4v) is 3.80. The van der Waals surface area contributed by atoms with Crippen molar-refractivity contribution < 1.29 is 22.7 Å². The van der Waals surface area contributed by atoms with Crippen molar-refractivity contribution in [2.75, 3.05) is 0 Å². The minimum Gasteiger partial charge on any atom is -0.420 e. The number of alkyl halides is 2. The highest BCUT2D eigenvalue weighted by molar-refractivity contribution is 5.91. The molecule has 0 aromatic heterocycles. The monoisotopic (exact) mass is 454 g/mol. The highest BCUT2D eigenvalue weighted by atomic mass is 19.3. The van der Waals surface area contributed by atoms with Crippen LogP contribution >= 0.6 is 0 Å². The van der Waals surface area contributed by atoms with Crippen molar-refractivity contribution in [1.82, 2.24) is 0 Å². The SMILES string of the molecule is CCCCCc1ccc(-c2ccc(OC(=O)c3ccc(CCC)cc3)c(F)c2C(F)F)cc1. The van der Waals surface area contributed by atoms with Crippen molar-refractivity contribution >= 4 is 5.97 Å². The number of halogens is 3. The molecule has 3 aromatic carbocycles. The lowest BCUT2D eigenvalue weighted by molar-refractivity contribution is 0.0724. The van der Waals surface area contributed by atoms with Gasteiger partial charge in [-0.2, -0.15) is 0 Å². The van der Waals surface area contributed by atoms with Gasteiger partial charge in [-0.3, -0.25) is 0 Å². The van der Waals surface area contributed by atoms with Gasteiger partial charge in [0.2, 0.25) is 0 Å². The second kappa shape index (κ2) is 11.7. The number of aryl methyl sites for hydroxylation is 2. The summed E-state index contributed by atoms with van der Waals surface area (Å²) in [7, 11) is 0. The Bertz CT molecular complexity index is 1060. The molecule has 0 atom stereocenters. The first kappa shape index (κ1) is 24.6. The molecule has 0 heterocycles. The molecule has 33 heavy (non-hydrogen) atoms. The number of carbonyl (C=O) groups excluding carboxylic acids is 1. The predicted molar refractivity (Wildman–Crippen MR) is 125 cm³/mol. The van der Waals surface area contributed by atoms with E-state index in [1.54, 1.807) is 36.4 Å².